The van der Waals surface area contributed by atoms with E-state index in [1.807, 2.05) is 6.20 Å². The van der Waals surface area contributed by atoms with Crippen molar-refractivity contribution in [3.63, 3.8) is 0 Å². The Hall–Kier alpha value is -0.910. The van der Waals surface area contributed by atoms with Gasteiger partial charge >= 0.3 is 0 Å². The number of fused-ring (bicyclic) bond motifs is 1. The lowest BCUT2D eigenvalue weighted by Gasteiger charge is -2.29. The minimum Gasteiger partial charge on any atom is -0.389 e. The van der Waals surface area contributed by atoms with Gasteiger partial charge in [-0.2, -0.15) is 0 Å². The van der Waals surface area contributed by atoms with Crippen LogP contribution in [0.1, 0.15) is 26.1 Å². The van der Waals surface area contributed by atoms with Crippen LogP contribution in [0.15, 0.2) is 12.4 Å². The predicted molar refractivity (Wildman–Crippen MR) is 83.2 cm³/mol. The van der Waals surface area contributed by atoms with Crippen LogP contribution < -0.4 is 0 Å². The van der Waals surface area contributed by atoms with Crippen LogP contribution in [0, 0.1) is 11.8 Å². The number of likely N-dealkylation sites (N-methyl/N-ethyl adjacent to an activating group) is 1. The molecule has 120 valence electrons. The van der Waals surface area contributed by atoms with Crippen LogP contribution >= 0.6 is 0 Å². The zero-order chi connectivity index (χ0) is 15.2. The average Bonchev–Trinajstić information content (AvgIpc) is 2.85. The third-order valence-electron chi connectivity index (χ3n) is 3.89. The van der Waals surface area contributed by atoms with Crippen molar-refractivity contribution in [3.05, 3.63) is 18.2 Å². The first kappa shape index (κ1) is 16.5. The third kappa shape index (κ3) is 5.41. The van der Waals surface area contributed by atoms with Crippen molar-refractivity contribution in [2.24, 2.45) is 11.8 Å². The van der Waals surface area contributed by atoms with Crippen molar-refractivity contribution in [2.75, 3.05) is 33.4 Å². The molecule has 0 saturated carbocycles. The molecule has 2 atom stereocenters. The number of aromatic nitrogens is 2. The van der Waals surface area contributed by atoms with Gasteiger partial charge in [-0.05, 0) is 25.3 Å². The Labute approximate surface area is 127 Å². The SMILES string of the molecule is CC(C)COC[C@@H](O)CN(C)C[C@@H]1CCc2nccn2C1. The van der Waals surface area contributed by atoms with E-state index in [1.165, 1.54) is 12.2 Å². The number of imidazole rings is 1. The van der Waals surface area contributed by atoms with Crippen molar-refractivity contribution in [1.82, 2.24) is 14.5 Å². The summed E-state index contributed by atoms with van der Waals surface area (Å²) in [5.74, 6) is 2.36. The van der Waals surface area contributed by atoms with Crippen molar-refractivity contribution < 1.29 is 9.84 Å². The molecule has 1 aliphatic rings. The van der Waals surface area contributed by atoms with E-state index >= 15 is 0 Å². The second-order valence-corrected chi connectivity index (χ2v) is 6.71. The zero-order valence-corrected chi connectivity index (χ0v) is 13.5. The van der Waals surface area contributed by atoms with E-state index in [9.17, 15) is 5.11 Å². The highest BCUT2D eigenvalue weighted by Crippen LogP contribution is 2.19. The largest absolute Gasteiger partial charge is 0.389 e. The Balaban J connectivity index is 1.66. The Morgan fingerprint density at radius 2 is 2.29 bits per heavy atom. The third-order valence-corrected chi connectivity index (χ3v) is 3.89. The monoisotopic (exact) mass is 295 g/mol. The zero-order valence-electron chi connectivity index (χ0n) is 13.5. The summed E-state index contributed by atoms with van der Waals surface area (Å²) in [6, 6.07) is 0. The van der Waals surface area contributed by atoms with Gasteiger partial charge in [0.1, 0.15) is 5.82 Å². The highest BCUT2D eigenvalue weighted by atomic mass is 16.5. The van der Waals surface area contributed by atoms with E-state index in [0.29, 0.717) is 31.6 Å². The van der Waals surface area contributed by atoms with Crippen LogP contribution in [0.4, 0.5) is 0 Å². The van der Waals surface area contributed by atoms with Crippen LogP contribution in [-0.4, -0.2) is 59.0 Å². The molecular weight excluding hydrogens is 266 g/mol. The molecule has 1 aromatic rings. The Bertz CT molecular complexity index is 419. The summed E-state index contributed by atoms with van der Waals surface area (Å²) in [6.45, 7) is 8.10. The van der Waals surface area contributed by atoms with E-state index < -0.39 is 6.10 Å². The summed E-state index contributed by atoms with van der Waals surface area (Å²) >= 11 is 0. The second kappa shape index (κ2) is 7.92. The molecule has 5 nitrogen and oxygen atoms in total. The molecule has 0 bridgehead atoms. The number of ether oxygens (including phenoxy) is 1. The van der Waals surface area contributed by atoms with Gasteiger partial charge in [-0.15, -0.1) is 0 Å². The molecule has 0 spiro atoms. The normalized spacial score (nSPS) is 20.0. The summed E-state index contributed by atoms with van der Waals surface area (Å²) in [5, 5.41) is 10.0. The van der Waals surface area contributed by atoms with Crippen LogP contribution in [0.25, 0.3) is 0 Å². The molecule has 21 heavy (non-hydrogen) atoms. The van der Waals surface area contributed by atoms with Gasteiger partial charge in [0.05, 0.1) is 12.7 Å². The van der Waals surface area contributed by atoms with E-state index in [4.69, 9.17) is 4.74 Å². The van der Waals surface area contributed by atoms with Gasteiger partial charge in [0.2, 0.25) is 0 Å². The molecule has 1 N–H and O–H groups in total. The molecule has 0 saturated heterocycles. The van der Waals surface area contributed by atoms with E-state index in [-0.39, 0.29) is 0 Å². The summed E-state index contributed by atoms with van der Waals surface area (Å²) in [6.07, 6.45) is 5.79. The minimum atomic E-state index is -0.402. The summed E-state index contributed by atoms with van der Waals surface area (Å²) in [7, 11) is 2.08. The maximum Gasteiger partial charge on any atom is 0.108 e. The second-order valence-electron chi connectivity index (χ2n) is 6.71. The average molecular weight is 295 g/mol. The molecule has 1 aromatic heterocycles. The number of aryl methyl sites for hydroxylation is 1. The smallest absolute Gasteiger partial charge is 0.108 e. The lowest BCUT2D eigenvalue weighted by atomic mass is 9.99. The van der Waals surface area contributed by atoms with E-state index in [2.05, 4.69) is 41.5 Å². The fourth-order valence-corrected chi connectivity index (χ4v) is 2.95. The van der Waals surface area contributed by atoms with Crippen LogP contribution in [0.5, 0.6) is 0 Å². The molecule has 0 aromatic carbocycles. The summed E-state index contributed by atoms with van der Waals surface area (Å²) in [5.41, 5.74) is 0. The quantitative estimate of drug-likeness (QED) is 0.788. The summed E-state index contributed by atoms with van der Waals surface area (Å²) in [4.78, 5) is 6.58. The first-order chi connectivity index (χ1) is 10.0. The molecule has 0 fully saturated rings. The highest BCUT2D eigenvalue weighted by molar-refractivity contribution is 4.96. The van der Waals surface area contributed by atoms with Crippen molar-refractivity contribution in [3.8, 4) is 0 Å². The van der Waals surface area contributed by atoms with Crippen LogP contribution in [-0.2, 0) is 17.7 Å². The molecule has 2 heterocycles. The Kier molecular flexibility index (Phi) is 6.21. The summed E-state index contributed by atoms with van der Waals surface area (Å²) < 4.78 is 7.75. The van der Waals surface area contributed by atoms with Crippen molar-refractivity contribution >= 4 is 0 Å². The maximum atomic E-state index is 10.0. The topological polar surface area (TPSA) is 50.5 Å². The van der Waals surface area contributed by atoms with Gasteiger partial charge in [-0.25, -0.2) is 4.98 Å². The molecule has 0 unspecified atom stereocenters. The van der Waals surface area contributed by atoms with E-state index in [0.717, 1.165) is 19.5 Å². The van der Waals surface area contributed by atoms with Gasteiger partial charge in [-0.3, -0.25) is 0 Å². The van der Waals surface area contributed by atoms with Gasteiger partial charge in [-0.1, -0.05) is 13.8 Å². The number of rotatable bonds is 8. The van der Waals surface area contributed by atoms with E-state index in [1.54, 1.807) is 0 Å². The van der Waals surface area contributed by atoms with Gasteiger partial charge in [0.25, 0.3) is 0 Å². The molecule has 1 aliphatic heterocycles. The highest BCUT2D eigenvalue weighted by Gasteiger charge is 2.20. The van der Waals surface area contributed by atoms with Crippen LogP contribution in [0.2, 0.25) is 0 Å². The maximum absolute atomic E-state index is 10.0. The fraction of sp³-hybridized carbons (Fsp3) is 0.812. The number of aliphatic hydroxyl groups excluding tert-OH is 1. The van der Waals surface area contributed by atoms with Crippen molar-refractivity contribution in [1.29, 1.82) is 0 Å². The minimum absolute atomic E-state index is 0.402. The predicted octanol–water partition coefficient (Wildman–Crippen LogP) is 1.41. The standard InChI is InChI=1S/C16H29N3O2/c1-13(2)11-21-12-15(20)10-18(3)8-14-4-5-16-17-6-7-19(16)9-14/h6-7,13-15,20H,4-5,8-12H2,1-3H3/t14-,15-/m0/s1. The van der Waals surface area contributed by atoms with Crippen molar-refractivity contribution in [2.45, 2.75) is 39.3 Å². The fourth-order valence-electron chi connectivity index (χ4n) is 2.95. The first-order valence-corrected chi connectivity index (χ1v) is 7.99. The Morgan fingerprint density at radius 1 is 1.48 bits per heavy atom. The molecule has 0 aliphatic carbocycles. The molecule has 0 radical (unpaired) electrons. The number of aliphatic hydroxyl groups is 1. The molecular formula is C16H29N3O2. The lowest BCUT2D eigenvalue weighted by Crippen LogP contribution is -2.37. The van der Waals surface area contributed by atoms with Gasteiger partial charge in [0.15, 0.2) is 0 Å². The van der Waals surface area contributed by atoms with Crippen LogP contribution in [0.3, 0.4) is 0 Å². The lowest BCUT2D eigenvalue weighted by molar-refractivity contribution is 0.00932. The molecule has 5 heteroatoms. The molecule has 2 rings (SSSR count). The molecule has 0 amide bonds. The first-order valence-electron chi connectivity index (χ1n) is 7.99. The number of hydrogen-bond acceptors (Lipinski definition) is 4. The number of nitrogens with zero attached hydrogens (tertiary/aromatic N) is 3. The van der Waals surface area contributed by atoms with Gasteiger partial charge < -0.3 is 19.3 Å². The Morgan fingerprint density at radius 3 is 3.05 bits per heavy atom. The van der Waals surface area contributed by atoms with Gasteiger partial charge in [0, 0.05) is 45.1 Å². The number of hydrogen-bond donors (Lipinski definition) is 1.